The maximum absolute atomic E-state index is 12.1. The first-order valence-electron chi connectivity index (χ1n) is 6.27. The van der Waals surface area contributed by atoms with E-state index in [0.29, 0.717) is 16.4 Å². The van der Waals surface area contributed by atoms with Gasteiger partial charge in [-0.2, -0.15) is 5.26 Å². The molecule has 0 spiro atoms. The number of hydrogen-bond donors (Lipinski definition) is 1. The summed E-state index contributed by atoms with van der Waals surface area (Å²) in [6.45, 7) is 1.88. The van der Waals surface area contributed by atoms with E-state index in [2.05, 4.69) is 10.3 Å². The Bertz CT molecular complexity index is 747. The molecule has 0 unspecified atom stereocenters. The summed E-state index contributed by atoms with van der Waals surface area (Å²) in [5.74, 6) is 0.0413. The summed E-state index contributed by atoms with van der Waals surface area (Å²) in [6, 6.07) is 14.3. The van der Waals surface area contributed by atoms with Crippen molar-refractivity contribution in [1.29, 1.82) is 5.26 Å². The molecule has 2 N–H and O–H groups in total. The van der Waals surface area contributed by atoms with Gasteiger partial charge in [0.15, 0.2) is 0 Å². The number of carbonyl (C=O) groups is 1. The Kier molecular flexibility index (Phi) is 4.70. The number of H-pyrrole nitrogens is 1. The van der Waals surface area contributed by atoms with E-state index in [4.69, 9.17) is 16.9 Å². The van der Waals surface area contributed by atoms with Crippen LogP contribution in [0.2, 0.25) is 5.02 Å². The van der Waals surface area contributed by atoms with Crippen molar-refractivity contribution < 1.29 is 9.78 Å². The van der Waals surface area contributed by atoms with Crippen molar-refractivity contribution in [2.24, 2.45) is 0 Å². The van der Waals surface area contributed by atoms with Crippen LogP contribution in [0.25, 0.3) is 6.08 Å². The molecule has 0 radical (unpaired) electrons. The number of carbonyl (C=O) groups excluding carboxylic acids is 1. The zero-order valence-electron chi connectivity index (χ0n) is 11.4. The fourth-order valence-electron chi connectivity index (χ4n) is 1.74. The third-order valence-corrected chi connectivity index (χ3v) is 3.10. The van der Waals surface area contributed by atoms with Crippen molar-refractivity contribution in [2.75, 3.05) is 5.32 Å². The van der Waals surface area contributed by atoms with Crippen LogP contribution in [0.1, 0.15) is 11.3 Å². The third kappa shape index (κ3) is 3.91. The first-order valence-corrected chi connectivity index (χ1v) is 6.64. The number of nitriles is 1. The molecule has 4 nitrogen and oxygen atoms in total. The molecule has 0 fully saturated rings. The summed E-state index contributed by atoms with van der Waals surface area (Å²) in [7, 11) is 0. The lowest BCUT2D eigenvalue weighted by Crippen LogP contribution is -2.21. The van der Waals surface area contributed by atoms with E-state index < -0.39 is 5.91 Å². The Morgan fingerprint density at radius 3 is 2.71 bits per heavy atom. The van der Waals surface area contributed by atoms with Crippen LogP contribution in [-0.4, -0.2) is 5.91 Å². The quantitative estimate of drug-likeness (QED) is 0.699. The normalized spacial score (nSPS) is 10.8. The molecule has 1 aromatic carbocycles. The lowest BCUT2D eigenvalue weighted by molar-refractivity contribution is -0.370. The Hall–Kier alpha value is -2.64. The minimum Gasteiger partial charge on any atom is -0.245 e. The van der Waals surface area contributed by atoms with Crippen molar-refractivity contribution in [3.63, 3.8) is 0 Å². The van der Waals surface area contributed by atoms with Crippen LogP contribution in [0, 0.1) is 18.3 Å². The zero-order chi connectivity index (χ0) is 15.2. The van der Waals surface area contributed by atoms with Gasteiger partial charge in [0.2, 0.25) is 0 Å². The van der Waals surface area contributed by atoms with E-state index in [1.54, 1.807) is 30.3 Å². The number of aromatic nitrogens is 1. The second-order valence-electron chi connectivity index (χ2n) is 4.39. The third-order valence-electron chi connectivity index (χ3n) is 2.76. The monoisotopic (exact) mass is 298 g/mol. The van der Waals surface area contributed by atoms with E-state index in [9.17, 15) is 4.79 Å². The largest absolute Gasteiger partial charge is 0.349 e. The van der Waals surface area contributed by atoms with E-state index >= 15 is 0 Å². The second-order valence-corrected chi connectivity index (χ2v) is 4.80. The van der Waals surface area contributed by atoms with Crippen molar-refractivity contribution in [3.05, 3.63) is 64.3 Å². The number of benzene rings is 1. The maximum atomic E-state index is 12.1. The van der Waals surface area contributed by atoms with E-state index in [-0.39, 0.29) is 5.57 Å². The molecule has 2 rings (SSSR count). The Morgan fingerprint density at radius 2 is 2.05 bits per heavy atom. The molecule has 0 saturated heterocycles. The smallest absolute Gasteiger partial charge is 0.245 e. The number of pyridine rings is 1. The number of halogens is 1. The zero-order valence-corrected chi connectivity index (χ0v) is 12.1. The van der Waals surface area contributed by atoms with Crippen molar-refractivity contribution >= 4 is 29.4 Å². The molecule has 0 aliphatic rings. The highest BCUT2D eigenvalue weighted by Gasteiger charge is 2.16. The summed E-state index contributed by atoms with van der Waals surface area (Å²) >= 11 is 6.02. The van der Waals surface area contributed by atoms with Gasteiger partial charge in [-0.15, -0.1) is 0 Å². The molecule has 5 heteroatoms. The fourth-order valence-corrected chi connectivity index (χ4v) is 1.93. The van der Waals surface area contributed by atoms with Gasteiger partial charge in [-0.25, -0.2) is 15.1 Å². The van der Waals surface area contributed by atoms with Crippen LogP contribution in [0.3, 0.4) is 0 Å². The summed E-state index contributed by atoms with van der Waals surface area (Å²) in [5.41, 5.74) is 1.51. The van der Waals surface area contributed by atoms with Gasteiger partial charge in [-0.1, -0.05) is 35.9 Å². The Balaban J connectivity index is 2.24. The van der Waals surface area contributed by atoms with Gasteiger partial charge in [0.05, 0.1) is 5.69 Å². The van der Waals surface area contributed by atoms with Gasteiger partial charge in [-0.3, -0.25) is 0 Å². The van der Waals surface area contributed by atoms with Crippen molar-refractivity contribution in [2.45, 2.75) is 6.92 Å². The van der Waals surface area contributed by atoms with E-state index in [0.717, 1.165) is 5.69 Å². The van der Waals surface area contributed by atoms with Crippen molar-refractivity contribution in [3.8, 4) is 6.07 Å². The molecule has 21 heavy (non-hydrogen) atoms. The molecule has 104 valence electrons. The number of aromatic amines is 1. The van der Waals surface area contributed by atoms with Gasteiger partial charge in [0, 0.05) is 11.1 Å². The molecular weight excluding hydrogens is 286 g/mol. The first kappa shape index (κ1) is 14.8. The topological polar surface area (TPSA) is 67.0 Å². The summed E-state index contributed by atoms with van der Waals surface area (Å²) in [5, 5.41) is 12.3. The van der Waals surface area contributed by atoms with Crippen LogP contribution in [0.5, 0.6) is 0 Å². The number of anilines is 1. The minimum absolute atomic E-state index is 0.0157. The number of hydrogen-bond acceptors (Lipinski definition) is 2. The van der Waals surface area contributed by atoms with Crippen LogP contribution < -0.4 is 10.3 Å². The highest BCUT2D eigenvalue weighted by molar-refractivity contribution is 6.32. The van der Waals surface area contributed by atoms with Crippen LogP contribution in [-0.2, 0) is 4.79 Å². The molecule has 0 bridgehead atoms. The molecule has 0 saturated carbocycles. The highest BCUT2D eigenvalue weighted by Crippen LogP contribution is 2.18. The number of nitrogens with one attached hydrogen (secondary N) is 2. The fraction of sp³-hybridized carbons (Fsp3) is 0.0625. The number of amides is 1. The molecule has 1 aromatic heterocycles. The predicted octanol–water partition coefficient (Wildman–Crippen LogP) is 3.01. The van der Waals surface area contributed by atoms with E-state index in [1.165, 1.54) is 6.08 Å². The van der Waals surface area contributed by atoms with E-state index in [1.807, 2.05) is 25.1 Å². The second kappa shape index (κ2) is 6.69. The van der Waals surface area contributed by atoms with Gasteiger partial charge >= 0.3 is 5.91 Å². The number of rotatable bonds is 3. The van der Waals surface area contributed by atoms with Crippen molar-refractivity contribution in [1.82, 2.24) is 0 Å². The average Bonchev–Trinajstić information content (AvgIpc) is 2.46. The Labute approximate surface area is 127 Å². The Morgan fingerprint density at radius 1 is 1.29 bits per heavy atom. The standard InChI is InChI=1S/C16H12ClN3O/c1-11-5-4-8-15(19-11)20-16(21)13(10-18)9-12-6-2-3-7-14(12)17/h2-9H,1H3,(H,19,20,21)/p+1. The summed E-state index contributed by atoms with van der Waals surface area (Å²) in [4.78, 5) is 15.1. The summed E-state index contributed by atoms with van der Waals surface area (Å²) in [6.07, 6.45) is 1.47. The molecule has 0 aliphatic carbocycles. The molecular formula is C16H13ClN3O+. The average molecular weight is 299 g/mol. The summed E-state index contributed by atoms with van der Waals surface area (Å²) < 4.78 is 0. The van der Waals surface area contributed by atoms with Gasteiger partial charge in [-0.05, 0) is 30.7 Å². The van der Waals surface area contributed by atoms with Gasteiger partial charge in [0.1, 0.15) is 11.6 Å². The van der Waals surface area contributed by atoms with Crippen LogP contribution >= 0.6 is 11.6 Å². The predicted molar refractivity (Wildman–Crippen MR) is 81.4 cm³/mol. The molecule has 1 heterocycles. The molecule has 0 aliphatic heterocycles. The molecule has 2 aromatic rings. The minimum atomic E-state index is -0.487. The van der Waals surface area contributed by atoms with Crippen LogP contribution in [0.4, 0.5) is 5.82 Å². The van der Waals surface area contributed by atoms with Gasteiger partial charge < -0.3 is 0 Å². The highest BCUT2D eigenvalue weighted by atomic mass is 35.5. The lowest BCUT2D eigenvalue weighted by atomic mass is 10.1. The molecule has 1 amide bonds. The first-order chi connectivity index (χ1) is 10.1. The van der Waals surface area contributed by atoms with Gasteiger partial charge in [0.25, 0.3) is 5.82 Å². The SMILES string of the molecule is Cc1cccc(NC(=O)C(C#N)=Cc2ccccc2Cl)[nH+]1. The maximum Gasteiger partial charge on any atom is 0.349 e. The number of nitrogens with zero attached hydrogens (tertiary/aromatic N) is 1. The lowest BCUT2D eigenvalue weighted by Gasteiger charge is -1.99. The molecule has 0 atom stereocenters. The van der Waals surface area contributed by atoms with Crippen LogP contribution in [0.15, 0.2) is 48.0 Å². The number of aryl methyl sites for hydroxylation is 1.